The molecule has 6 nitrogen and oxygen atoms in total. The van der Waals surface area contributed by atoms with Gasteiger partial charge in [-0.05, 0) is 33.0 Å². The Labute approximate surface area is 115 Å². The fraction of sp³-hybridized carbons (Fsp3) is 0.923. The topological polar surface area (TPSA) is 54.0 Å². The third-order valence-corrected chi connectivity index (χ3v) is 4.35. The van der Waals surface area contributed by atoms with Crippen molar-refractivity contribution in [1.29, 1.82) is 0 Å². The van der Waals surface area contributed by atoms with Crippen molar-refractivity contribution < 1.29 is 14.3 Å². The predicted octanol–water partition coefficient (Wildman–Crippen LogP) is 0.139. The molecule has 0 aromatic carbocycles. The van der Waals surface area contributed by atoms with E-state index in [2.05, 4.69) is 22.2 Å². The Morgan fingerprint density at radius 3 is 2.47 bits per heavy atom. The first-order chi connectivity index (χ1) is 9.16. The molecule has 2 heterocycles. The van der Waals surface area contributed by atoms with Gasteiger partial charge >= 0.3 is 6.09 Å². The van der Waals surface area contributed by atoms with Crippen molar-refractivity contribution in [2.75, 3.05) is 60.1 Å². The summed E-state index contributed by atoms with van der Waals surface area (Å²) in [4.78, 5) is 16.2. The van der Waals surface area contributed by atoms with Gasteiger partial charge < -0.3 is 19.7 Å². The molecule has 1 N–H and O–H groups in total. The van der Waals surface area contributed by atoms with Gasteiger partial charge in [0.25, 0.3) is 0 Å². The first-order valence-corrected chi connectivity index (χ1v) is 6.99. The Balaban J connectivity index is 2.01. The van der Waals surface area contributed by atoms with Crippen molar-refractivity contribution in [3.05, 3.63) is 0 Å². The highest BCUT2D eigenvalue weighted by atomic mass is 16.5. The number of nitrogens with one attached hydrogen (secondary N) is 1. The highest BCUT2D eigenvalue weighted by Gasteiger charge is 2.40. The number of nitrogens with zero attached hydrogens (tertiary/aromatic N) is 2. The Morgan fingerprint density at radius 2 is 1.89 bits per heavy atom. The SMILES string of the molecule is COC(=O)NCC1(N2CCOCC2)CCN(C)CC1. The summed E-state index contributed by atoms with van der Waals surface area (Å²) in [5.41, 5.74) is 0.0600. The average molecular weight is 271 g/mol. The molecule has 19 heavy (non-hydrogen) atoms. The van der Waals surface area contributed by atoms with Crippen molar-refractivity contribution in [2.45, 2.75) is 18.4 Å². The zero-order valence-electron chi connectivity index (χ0n) is 12.0. The van der Waals surface area contributed by atoms with Crippen LogP contribution in [0.4, 0.5) is 4.79 Å². The number of hydrogen-bond acceptors (Lipinski definition) is 5. The standard InChI is InChI=1S/C13H25N3O3/c1-15-5-3-13(4-6-15,11-14-12(17)18-2)16-7-9-19-10-8-16/h3-11H2,1-2H3,(H,14,17). The van der Waals surface area contributed by atoms with Gasteiger partial charge in [0.15, 0.2) is 0 Å². The fourth-order valence-electron chi connectivity index (χ4n) is 2.99. The molecule has 0 unspecified atom stereocenters. The number of piperidine rings is 1. The molecule has 0 bridgehead atoms. The summed E-state index contributed by atoms with van der Waals surface area (Å²) in [5, 5.41) is 2.89. The van der Waals surface area contributed by atoms with E-state index in [1.807, 2.05) is 0 Å². The van der Waals surface area contributed by atoms with Crippen LogP contribution in [0.3, 0.4) is 0 Å². The molecule has 6 heteroatoms. The number of likely N-dealkylation sites (tertiary alicyclic amines) is 1. The first kappa shape index (κ1) is 14.6. The van der Waals surface area contributed by atoms with Gasteiger partial charge in [0, 0.05) is 25.2 Å². The number of carbonyl (C=O) groups is 1. The van der Waals surface area contributed by atoms with E-state index < -0.39 is 0 Å². The molecular formula is C13H25N3O3. The number of morpholine rings is 1. The molecule has 110 valence electrons. The molecule has 0 spiro atoms. The zero-order valence-corrected chi connectivity index (χ0v) is 12.0. The van der Waals surface area contributed by atoms with Gasteiger partial charge in [-0.2, -0.15) is 0 Å². The van der Waals surface area contributed by atoms with Crippen LogP contribution >= 0.6 is 0 Å². The highest BCUT2D eigenvalue weighted by Crippen LogP contribution is 2.28. The third kappa shape index (κ3) is 3.58. The zero-order chi connectivity index (χ0) is 13.7. The molecule has 0 radical (unpaired) electrons. The predicted molar refractivity (Wildman–Crippen MR) is 72.3 cm³/mol. The lowest BCUT2D eigenvalue weighted by Gasteiger charge is -2.49. The molecule has 2 fully saturated rings. The average Bonchev–Trinajstić information content (AvgIpc) is 2.47. The highest BCUT2D eigenvalue weighted by molar-refractivity contribution is 5.67. The molecule has 2 aliphatic rings. The molecule has 2 aliphatic heterocycles. The molecular weight excluding hydrogens is 246 g/mol. The summed E-state index contributed by atoms with van der Waals surface area (Å²) in [6, 6.07) is 0. The summed E-state index contributed by atoms with van der Waals surface area (Å²) in [6.45, 7) is 6.28. The fourth-order valence-corrected chi connectivity index (χ4v) is 2.99. The molecule has 2 saturated heterocycles. The molecule has 0 saturated carbocycles. The Morgan fingerprint density at radius 1 is 1.26 bits per heavy atom. The van der Waals surface area contributed by atoms with Crippen molar-refractivity contribution in [1.82, 2.24) is 15.1 Å². The van der Waals surface area contributed by atoms with E-state index in [0.717, 1.165) is 52.2 Å². The van der Waals surface area contributed by atoms with E-state index in [1.165, 1.54) is 7.11 Å². The lowest BCUT2D eigenvalue weighted by molar-refractivity contribution is -0.0441. The van der Waals surface area contributed by atoms with E-state index in [-0.39, 0.29) is 11.6 Å². The maximum Gasteiger partial charge on any atom is 0.406 e. The van der Waals surface area contributed by atoms with Crippen molar-refractivity contribution in [2.24, 2.45) is 0 Å². The van der Waals surface area contributed by atoms with E-state index in [4.69, 9.17) is 9.47 Å². The number of ether oxygens (including phenoxy) is 2. The number of methoxy groups -OCH3 is 1. The summed E-state index contributed by atoms with van der Waals surface area (Å²) in [7, 11) is 3.56. The van der Waals surface area contributed by atoms with Crippen LogP contribution in [0, 0.1) is 0 Å². The molecule has 0 aliphatic carbocycles. The Kier molecular flexibility index (Phi) is 5.01. The number of hydrogen-bond donors (Lipinski definition) is 1. The van der Waals surface area contributed by atoms with Crippen LogP contribution in [-0.4, -0.2) is 81.5 Å². The van der Waals surface area contributed by atoms with Crippen LogP contribution in [0.25, 0.3) is 0 Å². The minimum Gasteiger partial charge on any atom is -0.453 e. The van der Waals surface area contributed by atoms with Gasteiger partial charge in [0.1, 0.15) is 0 Å². The van der Waals surface area contributed by atoms with Crippen LogP contribution < -0.4 is 5.32 Å². The lowest BCUT2D eigenvalue weighted by Crippen LogP contribution is -2.62. The number of amides is 1. The maximum atomic E-state index is 11.4. The van der Waals surface area contributed by atoms with E-state index >= 15 is 0 Å². The van der Waals surface area contributed by atoms with Gasteiger partial charge in [0.2, 0.25) is 0 Å². The van der Waals surface area contributed by atoms with Crippen LogP contribution in [0.15, 0.2) is 0 Å². The van der Waals surface area contributed by atoms with Crippen molar-refractivity contribution >= 4 is 6.09 Å². The van der Waals surface area contributed by atoms with Gasteiger partial charge in [-0.1, -0.05) is 0 Å². The number of rotatable bonds is 3. The van der Waals surface area contributed by atoms with Gasteiger partial charge in [-0.25, -0.2) is 4.79 Å². The number of alkyl carbamates (subject to hydrolysis) is 1. The molecule has 0 aromatic heterocycles. The molecule has 0 atom stereocenters. The monoisotopic (exact) mass is 271 g/mol. The van der Waals surface area contributed by atoms with Gasteiger partial charge in [0.05, 0.1) is 20.3 Å². The van der Waals surface area contributed by atoms with Gasteiger partial charge in [-0.15, -0.1) is 0 Å². The van der Waals surface area contributed by atoms with E-state index in [1.54, 1.807) is 0 Å². The molecule has 1 amide bonds. The number of carbonyl (C=O) groups excluding carboxylic acids is 1. The minimum absolute atomic E-state index is 0.0600. The van der Waals surface area contributed by atoms with Crippen LogP contribution in [0.2, 0.25) is 0 Å². The van der Waals surface area contributed by atoms with Crippen molar-refractivity contribution in [3.8, 4) is 0 Å². The largest absolute Gasteiger partial charge is 0.453 e. The van der Waals surface area contributed by atoms with E-state index in [9.17, 15) is 4.79 Å². The quantitative estimate of drug-likeness (QED) is 0.791. The van der Waals surface area contributed by atoms with Crippen LogP contribution in [0.5, 0.6) is 0 Å². The minimum atomic E-state index is -0.341. The molecule has 2 rings (SSSR count). The van der Waals surface area contributed by atoms with Gasteiger partial charge in [-0.3, -0.25) is 4.90 Å². The lowest BCUT2D eigenvalue weighted by atomic mass is 9.85. The normalized spacial score (nSPS) is 24.9. The maximum absolute atomic E-state index is 11.4. The first-order valence-electron chi connectivity index (χ1n) is 6.99. The summed E-state index contributed by atoms with van der Waals surface area (Å²) < 4.78 is 10.1. The van der Waals surface area contributed by atoms with E-state index in [0.29, 0.717) is 6.54 Å². The Bertz CT molecular complexity index is 298. The second-order valence-electron chi connectivity index (χ2n) is 5.47. The Hall–Kier alpha value is -0.850. The summed E-state index contributed by atoms with van der Waals surface area (Å²) in [5.74, 6) is 0. The molecule has 0 aromatic rings. The summed E-state index contributed by atoms with van der Waals surface area (Å²) >= 11 is 0. The van der Waals surface area contributed by atoms with Crippen LogP contribution in [-0.2, 0) is 9.47 Å². The third-order valence-electron chi connectivity index (χ3n) is 4.35. The summed E-state index contributed by atoms with van der Waals surface area (Å²) in [6.07, 6.45) is 1.81. The second kappa shape index (κ2) is 6.54. The van der Waals surface area contributed by atoms with Crippen LogP contribution in [0.1, 0.15) is 12.8 Å². The smallest absolute Gasteiger partial charge is 0.406 e. The second-order valence-corrected chi connectivity index (χ2v) is 5.47. The van der Waals surface area contributed by atoms with Crippen molar-refractivity contribution in [3.63, 3.8) is 0 Å².